The molecule has 0 bridgehead atoms. The third-order valence-electron chi connectivity index (χ3n) is 3.60. The summed E-state index contributed by atoms with van der Waals surface area (Å²) in [5.41, 5.74) is 0.827. The number of carbonyl (C=O) groups is 2. The van der Waals surface area contributed by atoms with Gasteiger partial charge in [-0.25, -0.2) is 13.1 Å². The van der Waals surface area contributed by atoms with E-state index in [1.165, 1.54) is 24.3 Å². The molecule has 0 unspecified atom stereocenters. The lowest BCUT2D eigenvalue weighted by atomic mass is 10.2. The quantitative estimate of drug-likeness (QED) is 0.619. The highest BCUT2D eigenvalue weighted by Gasteiger charge is 2.16. The van der Waals surface area contributed by atoms with Crippen LogP contribution in [-0.2, 0) is 14.8 Å². The molecule has 3 N–H and O–H groups in total. The third-order valence-corrected chi connectivity index (χ3v) is 5.28. The molecule has 8 nitrogen and oxygen atoms in total. The van der Waals surface area contributed by atoms with Crippen molar-refractivity contribution in [1.29, 1.82) is 0 Å². The normalized spacial score (nSPS) is 11.1. The third kappa shape index (κ3) is 6.07. The summed E-state index contributed by atoms with van der Waals surface area (Å²) in [6, 6.07) is 12.0. The Hall–Kier alpha value is -2.91. The van der Waals surface area contributed by atoms with Crippen molar-refractivity contribution in [3.63, 3.8) is 0 Å². The molecule has 0 aliphatic carbocycles. The molecular formula is C19H23N3O5S. The molecule has 0 saturated heterocycles. The Morgan fingerprint density at radius 2 is 1.61 bits per heavy atom. The molecule has 0 aliphatic rings. The Balaban J connectivity index is 1.91. The molecule has 2 aromatic carbocycles. The van der Waals surface area contributed by atoms with Gasteiger partial charge in [0.05, 0.1) is 18.6 Å². The van der Waals surface area contributed by atoms with Crippen molar-refractivity contribution in [2.45, 2.75) is 24.8 Å². The minimum Gasteiger partial charge on any atom is -0.497 e. The highest BCUT2D eigenvalue weighted by molar-refractivity contribution is 7.89. The van der Waals surface area contributed by atoms with Crippen molar-refractivity contribution in [3.05, 3.63) is 54.1 Å². The van der Waals surface area contributed by atoms with E-state index in [9.17, 15) is 18.0 Å². The van der Waals surface area contributed by atoms with Crippen LogP contribution in [0.1, 0.15) is 24.2 Å². The summed E-state index contributed by atoms with van der Waals surface area (Å²) in [4.78, 5) is 24.2. The van der Waals surface area contributed by atoms with Crippen molar-refractivity contribution < 1.29 is 22.7 Å². The van der Waals surface area contributed by atoms with E-state index in [0.717, 1.165) is 0 Å². The maximum Gasteiger partial charge on any atom is 0.251 e. The molecule has 0 saturated carbocycles. The zero-order chi connectivity index (χ0) is 20.7. The van der Waals surface area contributed by atoms with Crippen molar-refractivity contribution >= 4 is 27.5 Å². The van der Waals surface area contributed by atoms with Gasteiger partial charge in [0.1, 0.15) is 5.75 Å². The van der Waals surface area contributed by atoms with Gasteiger partial charge in [-0.05, 0) is 62.4 Å². The standard InChI is InChI=1S/C19H23N3O5S/c1-13(2)22-28(25,26)17-10-4-14(5-11-17)19(24)20-12-18(23)21-15-6-8-16(27-3)9-7-15/h4-11,13,22H,12H2,1-3H3,(H,20,24)(H,21,23). The monoisotopic (exact) mass is 405 g/mol. The Labute approximate surface area is 164 Å². The van der Waals surface area contributed by atoms with Gasteiger partial charge in [-0.3, -0.25) is 9.59 Å². The van der Waals surface area contributed by atoms with Gasteiger partial charge in [-0.15, -0.1) is 0 Å². The zero-order valence-electron chi connectivity index (χ0n) is 15.9. The van der Waals surface area contributed by atoms with E-state index in [1.54, 1.807) is 45.2 Å². The average Bonchev–Trinajstić information content (AvgIpc) is 2.66. The molecule has 0 heterocycles. The Bertz CT molecular complexity index is 923. The summed E-state index contributed by atoms with van der Waals surface area (Å²) < 4.78 is 31.7. The van der Waals surface area contributed by atoms with E-state index in [-0.39, 0.29) is 29.0 Å². The Morgan fingerprint density at radius 1 is 1.00 bits per heavy atom. The van der Waals surface area contributed by atoms with E-state index in [0.29, 0.717) is 11.4 Å². The Kier molecular flexibility index (Phi) is 7.13. The fourth-order valence-electron chi connectivity index (χ4n) is 2.31. The van der Waals surface area contributed by atoms with Crippen LogP contribution < -0.4 is 20.1 Å². The molecule has 2 rings (SSSR count). The first-order valence-corrected chi connectivity index (χ1v) is 10.0. The van der Waals surface area contributed by atoms with Crippen molar-refractivity contribution in [2.75, 3.05) is 19.0 Å². The summed E-state index contributed by atoms with van der Waals surface area (Å²) in [5.74, 6) is -0.204. The molecule has 0 radical (unpaired) electrons. The number of nitrogens with one attached hydrogen (secondary N) is 3. The van der Waals surface area contributed by atoms with Crippen molar-refractivity contribution in [1.82, 2.24) is 10.0 Å². The van der Waals surface area contributed by atoms with Crippen LogP contribution in [0.4, 0.5) is 5.69 Å². The van der Waals surface area contributed by atoms with Gasteiger partial charge in [-0.1, -0.05) is 0 Å². The minimum atomic E-state index is -3.62. The number of hydrogen-bond acceptors (Lipinski definition) is 5. The molecule has 0 aliphatic heterocycles. The second kappa shape index (κ2) is 9.34. The summed E-state index contributed by atoms with van der Waals surface area (Å²) in [6.07, 6.45) is 0. The van der Waals surface area contributed by atoms with E-state index in [1.807, 2.05) is 0 Å². The van der Waals surface area contributed by atoms with Crippen LogP contribution in [0.5, 0.6) is 5.75 Å². The summed E-state index contributed by atoms with van der Waals surface area (Å²) in [7, 11) is -2.07. The largest absolute Gasteiger partial charge is 0.497 e. The number of ether oxygens (including phenoxy) is 1. The summed E-state index contributed by atoms with van der Waals surface area (Å²) >= 11 is 0. The van der Waals surface area contributed by atoms with Crippen LogP contribution in [0.15, 0.2) is 53.4 Å². The lowest BCUT2D eigenvalue weighted by Gasteiger charge is -2.10. The minimum absolute atomic E-state index is 0.0648. The summed E-state index contributed by atoms with van der Waals surface area (Å²) in [5, 5.41) is 5.14. The fourth-order valence-corrected chi connectivity index (χ4v) is 3.56. The van der Waals surface area contributed by atoms with E-state index >= 15 is 0 Å². The number of sulfonamides is 1. The predicted octanol–water partition coefficient (Wildman–Crippen LogP) is 1.75. The van der Waals surface area contributed by atoms with Crippen LogP contribution in [-0.4, -0.2) is 39.9 Å². The molecule has 9 heteroatoms. The molecule has 28 heavy (non-hydrogen) atoms. The lowest BCUT2D eigenvalue weighted by Crippen LogP contribution is -2.33. The van der Waals surface area contributed by atoms with Gasteiger partial charge in [0.25, 0.3) is 5.91 Å². The first-order chi connectivity index (χ1) is 13.2. The number of rotatable bonds is 8. The number of methoxy groups -OCH3 is 1. The smallest absolute Gasteiger partial charge is 0.251 e. The van der Waals surface area contributed by atoms with Crippen LogP contribution in [0, 0.1) is 0 Å². The zero-order valence-corrected chi connectivity index (χ0v) is 16.7. The molecule has 150 valence electrons. The number of amides is 2. The molecule has 0 aromatic heterocycles. The van der Waals surface area contributed by atoms with Gasteiger partial charge < -0.3 is 15.4 Å². The van der Waals surface area contributed by atoms with Gasteiger partial charge in [0, 0.05) is 17.3 Å². The maximum absolute atomic E-state index is 12.2. The Morgan fingerprint density at radius 3 is 2.14 bits per heavy atom. The second-order valence-corrected chi connectivity index (χ2v) is 7.97. The molecule has 0 fully saturated rings. The highest BCUT2D eigenvalue weighted by Crippen LogP contribution is 2.15. The van der Waals surface area contributed by atoms with Gasteiger partial charge in [-0.2, -0.15) is 0 Å². The van der Waals surface area contributed by atoms with Crippen LogP contribution >= 0.6 is 0 Å². The van der Waals surface area contributed by atoms with Crippen LogP contribution in [0.3, 0.4) is 0 Å². The number of benzene rings is 2. The van der Waals surface area contributed by atoms with E-state index < -0.39 is 15.9 Å². The van der Waals surface area contributed by atoms with Crippen LogP contribution in [0.25, 0.3) is 0 Å². The fraction of sp³-hybridized carbons (Fsp3) is 0.263. The van der Waals surface area contributed by atoms with Gasteiger partial charge in [0.15, 0.2) is 0 Å². The van der Waals surface area contributed by atoms with Crippen molar-refractivity contribution in [3.8, 4) is 5.75 Å². The highest BCUT2D eigenvalue weighted by atomic mass is 32.2. The molecular weight excluding hydrogens is 382 g/mol. The SMILES string of the molecule is COc1ccc(NC(=O)CNC(=O)c2ccc(S(=O)(=O)NC(C)C)cc2)cc1. The van der Waals surface area contributed by atoms with E-state index in [4.69, 9.17) is 4.74 Å². The average molecular weight is 405 g/mol. The predicted molar refractivity (Wildman–Crippen MR) is 106 cm³/mol. The number of carbonyl (C=O) groups excluding carboxylic acids is 2. The topological polar surface area (TPSA) is 114 Å². The molecule has 2 amide bonds. The van der Waals surface area contributed by atoms with Crippen LogP contribution in [0.2, 0.25) is 0 Å². The lowest BCUT2D eigenvalue weighted by molar-refractivity contribution is -0.115. The van der Waals surface area contributed by atoms with E-state index in [2.05, 4.69) is 15.4 Å². The number of hydrogen-bond donors (Lipinski definition) is 3. The van der Waals surface area contributed by atoms with Gasteiger partial charge >= 0.3 is 0 Å². The number of anilines is 1. The maximum atomic E-state index is 12.2. The second-order valence-electron chi connectivity index (χ2n) is 6.26. The van der Waals surface area contributed by atoms with Gasteiger partial charge in [0.2, 0.25) is 15.9 Å². The molecule has 2 aromatic rings. The first-order valence-electron chi connectivity index (χ1n) is 8.56. The van der Waals surface area contributed by atoms with Crippen molar-refractivity contribution in [2.24, 2.45) is 0 Å². The molecule has 0 spiro atoms. The summed E-state index contributed by atoms with van der Waals surface area (Å²) in [6.45, 7) is 3.21. The first kappa shape index (κ1) is 21.4. The molecule has 0 atom stereocenters.